The third-order valence-corrected chi connectivity index (χ3v) is 3.78. The van der Waals surface area contributed by atoms with Crippen molar-refractivity contribution in [1.29, 1.82) is 0 Å². The molecule has 0 saturated heterocycles. The first kappa shape index (κ1) is 12.9. The zero-order valence-corrected chi connectivity index (χ0v) is 11.7. The molecule has 6 nitrogen and oxygen atoms in total. The highest BCUT2D eigenvalue weighted by atomic mass is 16.4. The third-order valence-electron chi connectivity index (χ3n) is 3.78. The van der Waals surface area contributed by atoms with Gasteiger partial charge in [0.2, 0.25) is 5.91 Å². The van der Waals surface area contributed by atoms with Gasteiger partial charge in [-0.3, -0.25) is 10.1 Å². The van der Waals surface area contributed by atoms with Gasteiger partial charge in [-0.05, 0) is 19.3 Å². The summed E-state index contributed by atoms with van der Waals surface area (Å²) in [6.07, 6.45) is 6.97. The van der Waals surface area contributed by atoms with Gasteiger partial charge in [-0.2, -0.15) is 0 Å². The van der Waals surface area contributed by atoms with Crippen LogP contribution in [0.4, 0.5) is 6.01 Å². The molecule has 0 saturated carbocycles. The van der Waals surface area contributed by atoms with Crippen LogP contribution in [-0.4, -0.2) is 20.4 Å². The van der Waals surface area contributed by atoms with E-state index in [1.165, 1.54) is 0 Å². The molecule has 0 bridgehead atoms. The molecule has 0 spiro atoms. The van der Waals surface area contributed by atoms with Crippen molar-refractivity contribution in [3.63, 3.8) is 0 Å². The number of fused-ring (bicyclic) bond motifs is 1. The maximum absolute atomic E-state index is 12.4. The van der Waals surface area contributed by atoms with E-state index < -0.39 is 0 Å². The Balaban J connectivity index is 1.78. The van der Waals surface area contributed by atoms with Gasteiger partial charge >= 0.3 is 6.01 Å². The maximum Gasteiger partial charge on any atom is 0.301 e. The van der Waals surface area contributed by atoms with E-state index in [4.69, 9.17) is 4.42 Å². The quantitative estimate of drug-likeness (QED) is 0.929. The summed E-state index contributed by atoms with van der Waals surface area (Å²) in [4.78, 5) is 20.8. The molecule has 6 heteroatoms. The summed E-state index contributed by atoms with van der Waals surface area (Å²) in [5.74, 6) is 0.466. The average Bonchev–Trinajstić information content (AvgIpc) is 3.06. The van der Waals surface area contributed by atoms with E-state index in [9.17, 15) is 4.79 Å². The molecule has 20 heavy (non-hydrogen) atoms. The molecule has 3 rings (SSSR count). The van der Waals surface area contributed by atoms with Crippen molar-refractivity contribution < 1.29 is 9.21 Å². The Morgan fingerprint density at radius 2 is 2.40 bits per heavy atom. The molecule has 1 atom stereocenters. The SMILES string of the molecule is CCc1cnc(NC(=O)C2CCCc3c2ncn3C)o1. The van der Waals surface area contributed by atoms with Crippen LogP contribution >= 0.6 is 0 Å². The molecule has 1 amide bonds. The van der Waals surface area contributed by atoms with Crippen LogP contribution in [0.25, 0.3) is 0 Å². The molecule has 2 aromatic heterocycles. The molecule has 2 heterocycles. The number of carbonyl (C=O) groups excluding carboxylic acids is 1. The fourth-order valence-electron chi connectivity index (χ4n) is 2.66. The van der Waals surface area contributed by atoms with Crippen LogP contribution in [-0.2, 0) is 24.7 Å². The minimum absolute atomic E-state index is 0.0887. The molecule has 2 aromatic rings. The number of hydrogen-bond donors (Lipinski definition) is 1. The van der Waals surface area contributed by atoms with Gasteiger partial charge in [0.05, 0.1) is 24.1 Å². The Bertz CT molecular complexity index is 629. The zero-order chi connectivity index (χ0) is 14.1. The first-order valence-corrected chi connectivity index (χ1v) is 6.94. The van der Waals surface area contributed by atoms with Gasteiger partial charge in [0.1, 0.15) is 5.76 Å². The molecule has 1 aliphatic rings. The van der Waals surface area contributed by atoms with E-state index in [2.05, 4.69) is 15.3 Å². The van der Waals surface area contributed by atoms with Crippen molar-refractivity contribution >= 4 is 11.9 Å². The van der Waals surface area contributed by atoms with Crippen LogP contribution in [0.5, 0.6) is 0 Å². The van der Waals surface area contributed by atoms with Crippen LogP contribution in [0.15, 0.2) is 16.9 Å². The standard InChI is InChI=1S/C14H18N4O2/c1-3-9-7-15-14(20-9)17-13(19)10-5-4-6-11-12(10)16-8-18(11)2/h7-8,10H,3-6H2,1-2H3,(H,15,17,19). The molecule has 0 aromatic carbocycles. The van der Waals surface area contributed by atoms with Gasteiger partial charge < -0.3 is 8.98 Å². The van der Waals surface area contributed by atoms with Gasteiger partial charge in [-0.25, -0.2) is 9.97 Å². The fraction of sp³-hybridized carbons (Fsp3) is 0.500. The van der Waals surface area contributed by atoms with Crippen molar-refractivity contribution in [2.45, 2.75) is 38.5 Å². The van der Waals surface area contributed by atoms with Gasteiger partial charge in [0.15, 0.2) is 0 Å². The summed E-state index contributed by atoms with van der Waals surface area (Å²) >= 11 is 0. The number of aryl methyl sites for hydroxylation is 2. The van der Waals surface area contributed by atoms with Crippen molar-refractivity contribution in [3.8, 4) is 0 Å². The van der Waals surface area contributed by atoms with Crippen molar-refractivity contribution in [2.75, 3.05) is 5.32 Å². The van der Waals surface area contributed by atoms with Crippen LogP contribution in [0.2, 0.25) is 0 Å². The van der Waals surface area contributed by atoms with E-state index in [0.29, 0.717) is 0 Å². The topological polar surface area (TPSA) is 73.0 Å². The highest BCUT2D eigenvalue weighted by Gasteiger charge is 2.30. The average molecular weight is 274 g/mol. The number of anilines is 1. The van der Waals surface area contributed by atoms with Crippen LogP contribution < -0.4 is 5.32 Å². The van der Waals surface area contributed by atoms with Crippen LogP contribution in [0.1, 0.15) is 42.8 Å². The number of amides is 1. The van der Waals surface area contributed by atoms with Crippen LogP contribution in [0.3, 0.4) is 0 Å². The van der Waals surface area contributed by atoms with Gasteiger partial charge in [-0.15, -0.1) is 0 Å². The first-order valence-electron chi connectivity index (χ1n) is 6.94. The highest BCUT2D eigenvalue weighted by molar-refractivity contribution is 5.94. The lowest BCUT2D eigenvalue weighted by molar-refractivity contribution is -0.118. The highest BCUT2D eigenvalue weighted by Crippen LogP contribution is 2.31. The number of hydrogen-bond acceptors (Lipinski definition) is 4. The molecule has 0 radical (unpaired) electrons. The lowest BCUT2D eigenvalue weighted by Crippen LogP contribution is -2.25. The Labute approximate surface area is 117 Å². The summed E-state index contributed by atoms with van der Waals surface area (Å²) in [5.41, 5.74) is 2.04. The first-order chi connectivity index (χ1) is 9.69. The van der Waals surface area contributed by atoms with E-state index in [-0.39, 0.29) is 17.8 Å². The monoisotopic (exact) mass is 274 g/mol. The van der Waals surface area contributed by atoms with Gasteiger partial charge in [0.25, 0.3) is 0 Å². The Morgan fingerprint density at radius 1 is 1.55 bits per heavy atom. The fourth-order valence-corrected chi connectivity index (χ4v) is 2.66. The Kier molecular flexibility index (Phi) is 3.30. The number of aromatic nitrogens is 3. The third kappa shape index (κ3) is 2.21. The molecule has 1 N–H and O–H groups in total. The molecule has 0 fully saturated rings. The molecule has 1 aliphatic carbocycles. The zero-order valence-electron chi connectivity index (χ0n) is 11.7. The number of oxazole rings is 1. The minimum Gasteiger partial charge on any atom is -0.429 e. The second kappa shape index (κ2) is 5.11. The van der Waals surface area contributed by atoms with E-state index in [0.717, 1.165) is 42.8 Å². The number of nitrogens with zero attached hydrogens (tertiary/aromatic N) is 3. The summed E-state index contributed by atoms with van der Waals surface area (Å²) < 4.78 is 7.41. The van der Waals surface area contributed by atoms with E-state index in [1.807, 2.05) is 18.5 Å². The van der Waals surface area contributed by atoms with E-state index >= 15 is 0 Å². The number of nitrogens with one attached hydrogen (secondary N) is 1. The van der Waals surface area contributed by atoms with Gasteiger partial charge in [-0.1, -0.05) is 6.92 Å². The molecular weight excluding hydrogens is 256 g/mol. The largest absolute Gasteiger partial charge is 0.429 e. The predicted octanol–water partition coefficient (Wildman–Crippen LogP) is 2.03. The second-order valence-corrected chi connectivity index (χ2v) is 5.11. The predicted molar refractivity (Wildman–Crippen MR) is 73.4 cm³/mol. The maximum atomic E-state index is 12.4. The summed E-state index contributed by atoms with van der Waals surface area (Å²) in [6.45, 7) is 1.98. The molecular formula is C14H18N4O2. The number of rotatable bonds is 3. The van der Waals surface area contributed by atoms with Gasteiger partial charge in [0, 0.05) is 19.2 Å². The molecule has 0 aliphatic heterocycles. The summed E-state index contributed by atoms with van der Waals surface area (Å²) in [7, 11) is 1.97. The lowest BCUT2D eigenvalue weighted by atomic mass is 9.89. The second-order valence-electron chi connectivity index (χ2n) is 5.11. The van der Waals surface area contributed by atoms with Crippen molar-refractivity contribution in [2.24, 2.45) is 7.05 Å². The molecule has 106 valence electrons. The Hall–Kier alpha value is -2.11. The number of imidazole rings is 1. The summed E-state index contributed by atoms with van der Waals surface area (Å²) in [6, 6.07) is 0.273. The minimum atomic E-state index is -0.211. The number of carbonyl (C=O) groups is 1. The Morgan fingerprint density at radius 3 is 3.15 bits per heavy atom. The van der Waals surface area contributed by atoms with Crippen molar-refractivity contribution in [1.82, 2.24) is 14.5 Å². The smallest absolute Gasteiger partial charge is 0.301 e. The van der Waals surface area contributed by atoms with Crippen LogP contribution in [0, 0.1) is 0 Å². The lowest BCUT2D eigenvalue weighted by Gasteiger charge is -2.20. The normalized spacial score (nSPS) is 17.8. The van der Waals surface area contributed by atoms with Crippen molar-refractivity contribution in [3.05, 3.63) is 29.7 Å². The van der Waals surface area contributed by atoms with E-state index in [1.54, 1.807) is 12.5 Å². The molecule has 1 unspecified atom stereocenters. The summed E-state index contributed by atoms with van der Waals surface area (Å²) in [5, 5.41) is 2.75.